The van der Waals surface area contributed by atoms with Crippen LogP contribution in [0.3, 0.4) is 0 Å². The van der Waals surface area contributed by atoms with Crippen LogP contribution in [0.5, 0.6) is 0 Å². The summed E-state index contributed by atoms with van der Waals surface area (Å²) in [7, 11) is 0. The topological polar surface area (TPSA) is 35.5 Å². The minimum atomic E-state index is 0.499. The zero-order valence-corrected chi connectivity index (χ0v) is 8.83. The predicted molar refractivity (Wildman–Crippen MR) is 58.6 cm³/mol. The van der Waals surface area contributed by atoms with Crippen molar-refractivity contribution >= 4 is 5.69 Å². The van der Waals surface area contributed by atoms with Gasteiger partial charge in [0.25, 0.3) is 0 Å². The molecule has 0 amide bonds. The van der Waals surface area contributed by atoms with E-state index < -0.39 is 0 Å². The molecule has 0 heterocycles. The van der Waals surface area contributed by atoms with Gasteiger partial charge in [0.2, 0.25) is 0 Å². The van der Waals surface area contributed by atoms with Crippen molar-refractivity contribution in [1.29, 1.82) is 0 Å². The third-order valence-electron chi connectivity index (χ3n) is 2.35. The third kappa shape index (κ3) is 2.72. The van der Waals surface area contributed by atoms with Crippen LogP contribution < -0.4 is 10.4 Å². The minimum absolute atomic E-state index is 0.499. The first-order valence-corrected chi connectivity index (χ1v) is 5.02. The fourth-order valence-corrected chi connectivity index (χ4v) is 1.50. The predicted octanol–water partition coefficient (Wildman–Crippen LogP) is 2.01. The Morgan fingerprint density at radius 2 is 1.71 bits per heavy atom. The summed E-state index contributed by atoms with van der Waals surface area (Å²) < 4.78 is 0. The number of hydrogen-bond acceptors (Lipinski definition) is 3. The highest BCUT2D eigenvalue weighted by Crippen LogP contribution is 2.14. The first kappa shape index (κ1) is 11.0. The average Bonchev–Trinajstić information content (AvgIpc) is 2.23. The van der Waals surface area contributed by atoms with Crippen LogP contribution >= 0.6 is 0 Å². The maximum Gasteiger partial charge on any atom is 0.0458 e. The molecule has 1 rings (SSSR count). The molecule has 0 spiro atoms. The number of nitrogens with zero attached hydrogens (tertiary/aromatic N) is 1. The Balaban J connectivity index is 2.71. The van der Waals surface area contributed by atoms with Crippen molar-refractivity contribution in [3.05, 3.63) is 29.8 Å². The average molecular weight is 194 g/mol. The van der Waals surface area contributed by atoms with E-state index in [0.717, 1.165) is 18.7 Å². The molecule has 0 aliphatic rings. The van der Waals surface area contributed by atoms with Crippen LogP contribution in [0.1, 0.15) is 19.4 Å². The van der Waals surface area contributed by atoms with Crippen LogP contribution in [-0.4, -0.2) is 18.3 Å². The largest absolute Gasteiger partial charge is 0.372 e. The number of rotatable bonds is 5. The van der Waals surface area contributed by atoms with Gasteiger partial charge in [0.05, 0.1) is 0 Å². The van der Waals surface area contributed by atoms with Crippen molar-refractivity contribution in [3.63, 3.8) is 0 Å². The molecule has 0 radical (unpaired) electrons. The van der Waals surface area contributed by atoms with E-state index in [1.54, 1.807) is 0 Å². The first-order chi connectivity index (χ1) is 6.81. The fraction of sp³-hybridized carbons (Fsp3) is 0.455. The SMILES string of the molecule is CCN(CC)c1ccc(CNO)cc1. The summed E-state index contributed by atoms with van der Waals surface area (Å²) in [5.41, 5.74) is 4.47. The first-order valence-electron chi connectivity index (χ1n) is 5.02. The van der Waals surface area contributed by atoms with E-state index in [1.807, 2.05) is 12.1 Å². The summed E-state index contributed by atoms with van der Waals surface area (Å²) in [6, 6.07) is 8.22. The van der Waals surface area contributed by atoms with Gasteiger partial charge in [-0.1, -0.05) is 12.1 Å². The van der Waals surface area contributed by atoms with E-state index in [0.29, 0.717) is 6.54 Å². The summed E-state index contributed by atoms with van der Waals surface area (Å²) in [5.74, 6) is 0. The molecule has 0 fully saturated rings. The molecule has 0 unspecified atom stereocenters. The summed E-state index contributed by atoms with van der Waals surface area (Å²) in [5, 5.41) is 8.53. The van der Waals surface area contributed by atoms with Gasteiger partial charge in [-0.3, -0.25) is 0 Å². The smallest absolute Gasteiger partial charge is 0.0458 e. The van der Waals surface area contributed by atoms with E-state index in [-0.39, 0.29) is 0 Å². The van der Waals surface area contributed by atoms with Crippen LogP contribution in [0.2, 0.25) is 0 Å². The van der Waals surface area contributed by atoms with Crippen LogP contribution in [0.15, 0.2) is 24.3 Å². The number of hydroxylamine groups is 1. The molecule has 1 aromatic rings. The normalized spacial score (nSPS) is 10.2. The van der Waals surface area contributed by atoms with Gasteiger partial charge in [-0.2, -0.15) is 0 Å². The Morgan fingerprint density at radius 3 is 2.14 bits per heavy atom. The minimum Gasteiger partial charge on any atom is -0.372 e. The van der Waals surface area contributed by atoms with Gasteiger partial charge in [0.15, 0.2) is 0 Å². The monoisotopic (exact) mass is 194 g/mol. The van der Waals surface area contributed by atoms with Crippen LogP contribution in [-0.2, 0) is 6.54 Å². The Kier molecular flexibility index (Phi) is 4.43. The molecule has 0 aromatic heterocycles. The van der Waals surface area contributed by atoms with Crippen molar-refractivity contribution in [2.75, 3.05) is 18.0 Å². The second kappa shape index (κ2) is 5.62. The molecular formula is C11H18N2O. The standard InChI is InChI=1S/C11H18N2O/c1-3-13(4-2)11-7-5-10(6-8-11)9-12-14/h5-8,12,14H,3-4,9H2,1-2H3. The van der Waals surface area contributed by atoms with Gasteiger partial charge >= 0.3 is 0 Å². The molecule has 0 aliphatic heterocycles. The maximum atomic E-state index is 8.53. The van der Waals surface area contributed by atoms with Gasteiger partial charge in [-0.15, -0.1) is 0 Å². The molecule has 0 saturated carbocycles. The second-order valence-corrected chi connectivity index (χ2v) is 3.17. The molecule has 14 heavy (non-hydrogen) atoms. The van der Waals surface area contributed by atoms with Crippen molar-refractivity contribution in [2.45, 2.75) is 20.4 Å². The Labute approximate surface area is 85.3 Å². The van der Waals surface area contributed by atoms with E-state index in [4.69, 9.17) is 5.21 Å². The molecule has 0 atom stereocenters. The Hall–Kier alpha value is -1.06. The molecule has 0 aliphatic carbocycles. The molecule has 0 saturated heterocycles. The highest BCUT2D eigenvalue weighted by atomic mass is 16.5. The lowest BCUT2D eigenvalue weighted by atomic mass is 10.2. The second-order valence-electron chi connectivity index (χ2n) is 3.17. The van der Waals surface area contributed by atoms with Crippen molar-refractivity contribution in [1.82, 2.24) is 5.48 Å². The summed E-state index contributed by atoms with van der Waals surface area (Å²) in [6.45, 7) is 6.83. The van der Waals surface area contributed by atoms with Crippen molar-refractivity contribution in [3.8, 4) is 0 Å². The van der Waals surface area contributed by atoms with E-state index in [2.05, 4.69) is 36.4 Å². The molecular weight excluding hydrogens is 176 g/mol. The van der Waals surface area contributed by atoms with Crippen molar-refractivity contribution in [2.24, 2.45) is 0 Å². The molecule has 2 N–H and O–H groups in total. The van der Waals surface area contributed by atoms with Gasteiger partial charge in [0.1, 0.15) is 0 Å². The third-order valence-corrected chi connectivity index (χ3v) is 2.35. The number of hydrogen-bond donors (Lipinski definition) is 2. The van der Waals surface area contributed by atoms with Gasteiger partial charge in [0, 0.05) is 25.3 Å². The summed E-state index contributed by atoms with van der Waals surface area (Å²) >= 11 is 0. The van der Waals surface area contributed by atoms with Crippen molar-refractivity contribution < 1.29 is 5.21 Å². The lowest BCUT2D eigenvalue weighted by Crippen LogP contribution is -2.21. The van der Waals surface area contributed by atoms with Gasteiger partial charge < -0.3 is 10.1 Å². The zero-order chi connectivity index (χ0) is 10.4. The van der Waals surface area contributed by atoms with Gasteiger partial charge in [-0.05, 0) is 31.5 Å². The lowest BCUT2D eigenvalue weighted by molar-refractivity contribution is 0.161. The van der Waals surface area contributed by atoms with E-state index >= 15 is 0 Å². The molecule has 1 aromatic carbocycles. The molecule has 0 bridgehead atoms. The maximum absolute atomic E-state index is 8.53. The number of anilines is 1. The molecule has 3 nitrogen and oxygen atoms in total. The highest BCUT2D eigenvalue weighted by molar-refractivity contribution is 5.47. The van der Waals surface area contributed by atoms with Gasteiger partial charge in [-0.25, -0.2) is 5.48 Å². The number of nitrogens with one attached hydrogen (secondary N) is 1. The van der Waals surface area contributed by atoms with Crippen LogP contribution in [0.25, 0.3) is 0 Å². The zero-order valence-electron chi connectivity index (χ0n) is 8.83. The lowest BCUT2D eigenvalue weighted by Gasteiger charge is -2.21. The number of benzene rings is 1. The summed E-state index contributed by atoms with van der Waals surface area (Å²) in [4.78, 5) is 2.29. The Morgan fingerprint density at radius 1 is 1.14 bits per heavy atom. The van der Waals surface area contributed by atoms with Crippen LogP contribution in [0, 0.1) is 0 Å². The summed E-state index contributed by atoms with van der Waals surface area (Å²) in [6.07, 6.45) is 0. The highest BCUT2D eigenvalue weighted by Gasteiger charge is 2.00. The molecule has 3 heteroatoms. The van der Waals surface area contributed by atoms with E-state index in [9.17, 15) is 0 Å². The Bertz CT molecular complexity index is 254. The van der Waals surface area contributed by atoms with E-state index in [1.165, 1.54) is 5.69 Å². The molecule has 78 valence electrons. The quantitative estimate of drug-likeness (QED) is 0.704. The van der Waals surface area contributed by atoms with Crippen LogP contribution in [0.4, 0.5) is 5.69 Å². The fourth-order valence-electron chi connectivity index (χ4n) is 1.50.